The highest BCUT2D eigenvalue weighted by Crippen LogP contribution is 2.28. The lowest BCUT2D eigenvalue weighted by Gasteiger charge is -2.14. The van der Waals surface area contributed by atoms with Crippen molar-refractivity contribution in [3.8, 4) is 5.75 Å². The topological polar surface area (TPSA) is 9.23 Å². The Morgan fingerprint density at radius 2 is 1.93 bits per heavy atom. The molecule has 0 bridgehead atoms. The predicted octanol–water partition coefficient (Wildman–Crippen LogP) is 3.52. The van der Waals surface area contributed by atoms with Crippen LogP contribution in [0, 0.1) is 6.92 Å². The Morgan fingerprint density at radius 3 is 2.43 bits per heavy atom. The van der Waals surface area contributed by atoms with Gasteiger partial charge in [0, 0.05) is 0 Å². The van der Waals surface area contributed by atoms with Crippen LogP contribution in [0.3, 0.4) is 0 Å². The predicted molar refractivity (Wildman–Crippen MR) is 61.1 cm³/mol. The summed E-state index contributed by atoms with van der Waals surface area (Å²) in [4.78, 5) is 0. The molecular weight excluding hydrogens is 172 g/mol. The van der Waals surface area contributed by atoms with Crippen molar-refractivity contribution in [3.05, 3.63) is 28.8 Å². The molecule has 0 aromatic heterocycles. The summed E-state index contributed by atoms with van der Waals surface area (Å²) in [6.07, 6.45) is 3.33. The fraction of sp³-hybridized carbons (Fsp3) is 0.538. The van der Waals surface area contributed by atoms with Crippen LogP contribution in [0.4, 0.5) is 0 Å². The van der Waals surface area contributed by atoms with Crippen molar-refractivity contribution in [2.45, 2.75) is 40.0 Å². The Labute approximate surface area is 87.1 Å². The molecule has 0 spiro atoms. The van der Waals surface area contributed by atoms with Crippen molar-refractivity contribution >= 4 is 0 Å². The second-order valence-electron chi connectivity index (χ2n) is 3.66. The number of hydrogen-bond acceptors (Lipinski definition) is 1. The molecular formula is C13H20O. The van der Waals surface area contributed by atoms with Crippen LogP contribution >= 0.6 is 0 Å². The minimum Gasteiger partial charge on any atom is -0.496 e. The number of rotatable bonds is 4. The van der Waals surface area contributed by atoms with Crippen molar-refractivity contribution in [1.29, 1.82) is 0 Å². The molecule has 1 aromatic carbocycles. The van der Waals surface area contributed by atoms with Crippen LogP contribution in [0.5, 0.6) is 5.75 Å². The molecule has 0 N–H and O–H groups in total. The second kappa shape index (κ2) is 5.04. The summed E-state index contributed by atoms with van der Waals surface area (Å²) >= 11 is 0. The van der Waals surface area contributed by atoms with Crippen LogP contribution in [-0.4, -0.2) is 7.11 Å². The van der Waals surface area contributed by atoms with E-state index in [0.29, 0.717) is 0 Å². The second-order valence-corrected chi connectivity index (χ2v) is 3.66. The zero-order valence-corrected chi connectivity index (χ0v) is 9.68. The SMILES string of the molecule is CCCc1c(C)ccc(CC)c1OC. The van der Waals surface area contributed by atoms with Crippen molar-refractivity contribution in [2.24, 2.45) is 0 Å². The summed E-state index contributed by atoms with van der Waals surface area (Å²) in [5.41, 5.74) is 4.05. The van der Waals surface area contributed by atoms with E-state index in [2.05, 4.69) is 32.9 Å². The maximum Gasteiger partial charge on any atom is 0.125 e. The summed E-state index contributed by atoms with van der Waals surface area (Å²) < 4.78 is 5.50. The molecule has 0 amide bonds. The molecule has 1 rings (SSSR count). The third-order valence-corrected chi connectivity index (χ3v) is 2.66. The molecule has 0 saturated heterocycles. The number of aryl methyl sites for hydroxylation is 2. The van der Waals surface area contributed by atoms with Crippen LogP contribution < -0.4 is 4.74 Å². The van der Waals surface area contributed by atoms with Gasteiger partial charge < -0.3 is 4.74 Å². The zero-order valence-electron chi connectivity index (χ0n) is 9.68. The fourth-order valence-electron chi connectivity index (χ4n) is 1.87. The molecule has 0 aliphatic heterocycles. The first-order valence-corrected chi connectivity index (χ1v) is 5.39. The van der Waals surface area contributed by atoms with Gasteiger partial charge in [-0.15, -0.1) is 0 Å². The normalized spacial score (nSPS) is 10.3. The Balaban J connectivity index is 3.20. The largest absolute Gasteiger partial charge is 0.496 e. The van der Waals surface area contributed by atoms with Gasteiger partial charge in [-0.25, -0.2) is 0 Å². The molecule has 14 heavy (non-hydrogen) atoms. The first kappa shape index (κ1) is 11.1. The Morgan fingerprint density at radius 1 is 1.21 bits per heavy atom. The van der Waals surface area contributed by atoms with E-state index >= 15 is 0 Å². The summed E-state index contributed by atoms with van der Waals surface area (Å²) in [6, 6.07) is 4.37. The van der Waals surface area contributed by atoms with Crippen molar-refractivity contribution in [3.63, 3.8) is 0 Å². The lowest BCUT2D eigenvalue weighted by molar-refractivity contribution is 0.404. The van der Waals surface area contributed by atoms with E-state index in [-0.39, 0.29) is 0 Å². The summed E-state index contributed by atoms with van der Waals surface area (Å²) in [7, 11) is 1.77. The number of hydrogen-bond donors (Lipinski definition) is 0. The quantitative estimate of drug-likeness (QED) is 0.709. The van der Waals surface area contributed by atoms with Gasteiger partial charge in [0.25, 0.3) is 0 Å². The molecule has 0 fully saturated rings. The van der Waals surface area contributed by atoms with Crippen LogP contribution in [-0.2, 0) is 12.8 Å². The van der Waals surface area contributed by atoms with Gasteiger partial charge in [-0.05, 0) is 36.5 Å². The Bertz CT molecular complexity index is 302. The van der Waals surface area contributed by atoms with Gasteiger partial charge in [0.15, 0.2) is 0 Å². The molecule has 0 saturated carbocycles. The maximum absolute atomic E-state index is 5.50. The maximum atomic E-state index is 5.50. The standard InChI is InChI=1S/C13H20O/c1-5-7-12-10(3)8-9-11(6-2)13(12)14-4/h8-9H,5-7H2,1-4H3. The Hall–Kier alpha value is -0.980. The van der Waals surface area contributed by atoms with Gasteiger partial charge in [0.05, 0.1) is 7.11 Å². The highest BCUT2D eigenvalue weighted by Gasteiger charge is 2.09. The number of benzene rings is 1. The fourth-order valence-corrected chi connectivity index (χ4v) is 1.87. The Kier molecular flexibility index (Phi) is 3.99. The summed E-state index contributed by atoms with van der Waals surface area (Å²) in [5, 5.41) is 0. The molecule has 78 valence electrons. The first-order chi connectivity index (χ1) is 6.74. The van der Waals surface area contributed by atoms with E-state index in [4.69, 9.17) is 4.74 Å². The first-order valence-electron chi connectivity index (χ1n) is 5.39. The lowest BCUT2D eigenvalue weighted by atomic mass is 9.98. The van der Waals surface area contributed by atoms with E-state index in [1.807, 2.05) is 0 Å². The molecule has 0 atom stereocenters. The highest BCUT2D eigenvalue weighted by atomic mass is 16.5. The monoisotopic (exact) mass is 192 g/mol. The van der Waals surface area contributed by atoms with E-state index in [0.717, 1.165) is 18.6 Å². The zero-order chi connectivity index (χ0) is 10.6. The molecule has 0 unspecified atom stereocenters. The molecule has 1 heteroatoms. The van der Waals surface area contributed by atoms with Gasteiger partial charge >= 0.3 is 0 Å². The van der Waals surface area contributed by atoms with Crippen LogP contribution in [0.25, 0.3) is 0 Å². The van der Waals surface area contributed by atoms with Crippen molar-refractivity contribution in [2.75, 3.05) is 7.11 Å². The molecule has 0 heterocycles. The number of methoxy groups -OCH3 is 1. The third kappa shape index (κ3) is 2.09. The van der Waals surface area contributed by atoms with Gasteiger partial charge in [0.1, 0.15) is 5.75 Å². The molecule has 1 nitrogen and oxygen atoms in total. The van der Waals surface area contributed by atoms with Crippen LogP contribution in [0.2, 0.25) is 0 Å². The summed E-state index contributed by atoms with van der Waals surface area (Å²) in [6.45, 7) is 6.54. The van der Waals surface area contributed by atoms with Crippen LogP contribution in [0.1, 0.15) is 37.0 Å². The average molecular weight is 192 g/mol. The van der Waals surface area contributed by atoms with E-state index in [1.165, 1.54) is 23.1 Å². The van der Waals surface area contributed by atoms with Gasteiger partial charge in [-0.2, -0.15) is 0 Å². The molecule has 0 radical (unpaired) electrons. The van der Waals surface area contributed by atoms with Gasteiger partial charge in [-0.3, -0.25) is 0 Å². The van der Waals surface area contributed by atoms with Crippen LogP contribution in [0.15, 0.2) is 12.1 Å². The smallest absolute Gasteiger partial charge is 0.125 e. The van der Waals surface area contributed by atoms with E-state index in [1.54, 1.807) is 7.11 Å². The van der Waals surface area contributed by atoms with E-state index < -0.39 is 0 Å². The van der Waals surface area contributed by atoms with Gasteiger partial charge in [0.2, 0.25) is 0 Å². The number of ether oxygens (including phenoxy) is 1. The molecule has 0 aliphatic carbocycles. The minimum absolute atomic E-state index is 1.04. The third-order valence-electron chi connectivity index (χ3n) is 2.66. The van der Waals surface area contributed by atoms with Crippen molar-refractivity contribution in [1.82, 2.24) is 0 Å². The lowest BCUT2D eigenvalue weighted by Crippen LogP contribution is -1.99. The minimum atomic E-state index is 1.04. The van der Waals surface area contributed by atoms with E-state index in [9.17, 15) is 0 Å². The summed E-state index contributed by atoms with van der Waals surface area (Å²) in [5.74, 6) is 1.11. The molecule has 0 aliphatic rings. The average Bonchev–Trinajstić information content (AvgIpc) is 2.21. The van der Waals surface area contributed by atoms with Gasteiger partial charge in [-0.1, -0.05) is 32.4 Å². The molecule has 1 aromatic rings. The highest BCUT2D eigenvalue weighted by molar-refractivity contribution is 5.46. The van der Waals surface area contributed by atoms with Crippen molar-refractivity contribution < 1.29 is 4.74 Å².